The predicted octanol–water partition coefficient (Wildman–Crippen LogP) is 6.37. The second-order valence-electron chi connectivity index (χ2n) is 9.18. The first-order chi connectivity index (χ1) is 17.1. The van der Waals surface area contributed by atoms with Crippen LogP contribution in [0, 0.1) is 13.8 Å². The summed E-state index contributed by atoms with van der Waals surface area (Å²) in [5.41, 5.74) is 3.96. The van der Waals surface area contributed by atoms with E-state index in [1.54, 1.807) is 4.90 Å². The minimum atomic E-state index is -0.696. The minimum absolute atomic E-state index is 0.0523. The van der Waals surface area contributed by atoms with Crippen molar-refractivity contribution in [2.75, 3.05) is 6.61 Å². The van der Waals surface area contributed by atoms with Gasteiger partial charge in [0.15, 0.2) is 6.61 Å². The Labute approximate surface area is 230 Å². The molecule has 0 spiro atoms. The Morgan fingerprint density at radius 3 is 2.17 bits per heavy atom. The van der Waals surface area contributed by atoms with E-state index in [2.05, 4.69) is 37.2 Å². The molecule has 1 N–H and O–H groups in total. The number of nitrogens with one attached hydrogen (secondary N) is 1. The van der Waals surface area contributed by atoms with Gasteiger partial charge in [-0.2, -0.15) is 0 Å². The molecule has 5 nitrogen and oxygen atoms in total. The molecule has 0 aromatic heterocycles. The highest BCUT2D eigenvalue weighted by Gasteiger charge is 2.31. The lowest BCUT2D eigenvalue weighted by molar-refractivity contribution is -0.143. The van der Waals surface area contributed by atoms with Gasteiger partial charge in [-0.15, -0.1) is 0 Å². The van der Waals surface area contributed by atoms with Crippen molar-refractivity contribution in [3.8, 4) is 5.75 Å². The average molecular weight is 616 g/mol. The summed E-state index contributed by atoms with van der Waals surface area (Å²) in [5.74, 6) is 0.177. The van der Waals surface area contributed by atoms with Gasteiger partial charge in [0.1, 0.15) is 11.8 Å². The molecule has 0 aliphatic carbocycles. The molecule has 1 unspecified atom stereocenters. The number of ether oxygens (including phenoxy) is 1. The van der Waals surface area contributed by atoms with Gasteiger partial charge in [-0.25, -0.2) is 0 Å². The summed E-state index contributed by atoms with van der Waals surface area (Å²) >= 11 is 7.08. The van der Waals surface area contributed by atoms with Crippen molar-refractivity contribution >= 4 is 43.7 Å². The molecule has 3 rings (SSSR count). The van der Waals surface area contributed by atoms with E-state index < -0.39 is 6.04 Å². The van der Waals surface area contributed by atoms with E-state index in [0.717, 1.165) is 31.2 Å². The summed E-state index contributed by atoms with van der Waals surface area (Å²) in [6, 6.07) is 20.6. The Balaban J connectivity index is 1.92. The van der Waals surface area contributed by atoms with Crippen LogP contribution in [-0.2, 0) is 22.6 Å². The van der Waals surface area contributed by atoms with Crippen LogP contribution in [0.5, 0.6) is 5.75 Å². The molecule has 0 aliphatic rings. The van der Waals surface area contributed by atoms with E-state index in [1.165, 1.54) is 0 Å². The summed E-state index contributed by atoms with van der Waals surface area (Å²) in [5, 5.41) is 3.00. The fourth-order valence-electron chi connectivity index (χ4n) is 3.98. The van der Waals surface area contributed by atoms with Crippen molar-refractivity contribution < 1.29 is 14.3 Å². The van der Waals surface area contributed by atoms with E-state index >= 15 is 0 Å². The molecule has 0 saturated carbocycles. The SMILES string of the molecule is Cc1cc(OCC(=O)N(Cc2cccc(Br)c2)C(Cc2ccccc2)C(=O)NC(C)C)cc(C)c1Br. The number of carbonyl (C=O) groups is 2. The van der Waals surface area contributed by atoms with Crippen molar-refractivity contribution in [1.82, 2.24) is 10.2 Å². The maximum Gasteiger partial charge on any atom is 0.261 e. The molecular weight excluding hydrogens is 584 g/mol. The van der Waals surface area contributed by atoms with Gasteiger partial charge < -0.3 is 15.0 Å². The number of amides is 2. The van der Waals surface area contributed by atoms with Crippen LogP contribution in [0.4, 0.5) is 0 Å². The van der Waals surface area contributed by atoms with E-state index in [-0.39, 0.29) is 31.0 Å². The Hall–Kier alpha value is -2.64. The number of halogens is 2. The van der Waals surface area contributed by atoms with Crippen LogP contribution in [0.15, 0.2) is 75.7 Å². The van der Waals surface area contributed by atoms with Crippen molar-refractivity contribution in [3.63, 3.8) is 0 Å². The third kappa shape index (κ3) is 7.93. The zero-order chi connectivity index (χ0) is 26.2. The summed E-state index contributed by atoms with van der Waals surface area (Å²) in [4.78, 5) is 28.7. The van der Waals surface area contributed by atoms with Crippen molar-refractivity contribution in [2.45, 2.75) is 52.7 Å². The Kier molecular flexibility index (Phi) is 10.1. The summed E-state index contributed by atoms with van der Waals surface area (Å²) < 4.78 is 7.87. The smallest absolute Gasteiger partial charge is 0.261 e. The van der Waals surface area contributed by atoms with Gasteiger partial charge in [0, 0.05) is 28.0 Å². The van der Waals surface area contributed by atoms with E-state index in [9.17, 15) is 9.59 Å². The van der Waals surface area contributed by atoms with Gasteiger partial charge in [0.25, 0.3) is 5.91 Å². The number of hydrogen-bond acceptors (Lipinski definition) is 3. The van der Waals surface area contributed by atoms with Crippen LogP contribution in [0.1, 0.15) is 36.1 Å². The zero-order valence-corrected chi connectivity index (χ0v) is 24.2. The van der Waals surface area contributed by atoms with Crippen LogP contribution in [0.2, 0.25) is 0 Å². The first-order valence-electron chi connectivity index (χ1n) is 11.9. The van der Waals surface area contributed by atoms with Crippen LogP contribution >= 0.6 is 31.9 Å². The standard InChI is InChI=1S/C29H32Br2N2O3/c1-19(2)32-29(35)26(16-22-9-6-5-7-10-22)33(17-23-11-8-12-24(30)15-23)27(34)18-36-25-13-20(3)28(31)21(4)14-25/h5-15,19,26H,16-18H2,1-4H3,(H,32,35). The predicted molar refractivity (Wildman–Crippen MR) is 151 cm³/mol. The van der Waals surface area contributed by atoms with E-state index in [4.69, 9.17) is 4.74 Å². The van der Waals surface area contributed by atoms with E-state index in [1.807, 2.05) is 94.4 Å². The monoisotopic (exact) mass is 614 g/mol. The molecule has 36 heavy (non-hydrogen) atoms. The molecule has 0 radical (unpaired) electrons. The topological polar surface area (TPSA) is 58.6 Å². The number of benzene rings is 3. The van der Waals surface area contributed by atoms with Crippen molar-refractivity contribution in [3.05, 3.63) is 97.9 Å². The van der Waals surface area contributed by atoms with Crippen LogP contribution in [-0.4, -0.2) is 35.4 Å². The first kappa shape index (κ1) is 27.9. The van der Waals surface area contributed by atoms with E-state index in [0.29, 0.717) is 12.2 Å². The number of carbonyl (C=O) groups excluding carboxylic acids is 2. The first-order valence-corrected chi connectivity index (χ1v) is 13.5. The van der Waals surface area contributed by atoms with Gasteiger partial charge in [-0.3, -0.25) is 9.59 Å². The summed E-state index contributed by atoms with van der Waals surface area (Å²) in [6.07, 6.45) is 0.398. The highest BCUT2D eigenvalue weighted by molar-refractivity contribution is 9.10. The molecule has 0 fully saturated rings. The second-order valence-corrected chi connectivity index (χ2v) is 10.9. The molecule has 0 aliphatic heterocycles. The lowest BCUT2D eigenvalue weighted by atomic mass is 10.0. The second kappa shape index (κ2) is 13.1. The molecule has 190 valence electrons. The number of hydrogen-bond donors (Lipinski definition) is 1. The van der Waals surface area contributed by atoms with Gasteiger partial charge in [-0.1, -0.05) is 74.3 Å². The Bertz CT molecular complexity index is 1180. The summed E-state index contributed by atoms with van der Waals surface area (Å²) in [6.45, 7) is 7.91. The maximum absolute atomic E-state index is 13.7. The average Bonchev–Trinajstić information content (AvgIpc) is 2.83. The minimum Gasteiger partial charge on any atom is -0.484 e. The quantitative estimate of drug-likeness (QED) is 0.288. The molecule has 3 aromatic carbocycles. The molecule has 7 heteroatoms. The molecular formula is C29H32Br2N2O3. The Morgan fingerprint density at radius 1 is 0.917 bits per heavy atom. The summed E-state index contributed by atoms with van der Waals surface area (Å²) in [7, 11) is 0. The van der Waals surface area contributed by atoms with Crippen LogP contribution in [0.3, 0.4) is 0 Å². The van der Waals surface area contributed by atoms with Crippen molar-refractivity contribution in [2.24, 2.45) is 0 Å². The molecule has 0 saturated heterocycles. The largest absolute Gasteiger partial charge is 0.484 e. The fourth-order valence-corrected chi connectivity index (χ4v) is 4.66. The van der Waals surface area contributed by atoms with Gasteiger partial charge in [0.05, 0.1) is 0 Å². The number of nitrogens with zero attached hydrogens (tertiary/aromatic N) is 1. The lowest BCUT2D eigenvalue weighted by Gasteiger charge is -2.32. The lowest BCUT2D eigenvalue weighted by Crippen LogP contribution is -2.52. The Morgan fingerprint density at radius 2 is 1.56 bits per heavy atom. The van der Waals surface area contributed by atoms with Crippen molar-refractivity contribution in [1.29, 1.82) is 0 Å². The highest BCUT2D eigenvalue weighted by Crippen LogP contribution is 2.26. The highest BCUT2D eigenvalue weighted by atomic mass is 79.9. The zero-order valence-electron chi connectivity index (χ0n) is 21.1. The molecule has 2 amide bonds. The molecule has 1 atom stereocenters. The molecule has 0 bridgehead atoms. The van der Waals surface area contributed by atoms with Crippen LogP contribution < -0.4 is 10.1 Å². The van der Waals surface area contributed by atoms with Crippen LogP contribution in [0.25, 0.3) is 0 Å². The van der Waals surface area contributed by atoms with Gasteiger partial charge in [-0.05, 0) is 74.2 Å². The molecule has 3 aromatic rings. The third-order valence-electron chi connectivity index (χ3n) is 5.72. The normalized spacial score (nSPS) is 11.8. The number of aryl methyl sites for hydroxylation is 2. The maximum atomic E-state index is 13.7. The molecule has 0 heterocycles. The van der Waals surface area contributed by atoms with Gasteiger partial charge in [0.2, 0.25) is 5.91 Å². The third-order valence-corrected chi connectivity index (χ3v) is 7.46. The fraction of sp³-hybridized carbons (Fsp3) is 0.310. The number of rotatable bonds is 10. The van der Waals surface area contributed by atoms with Gasteiger partial charge >= 0.3 is 0 Å².